The zero-order valence-corrected chi connectivity index (χ0v) is 73.4. The Morgan fingerprint density at radius 1 is 0.321 bits per heavy atom. The second-order valence-corrected chi connectivity index (χ2v) is 32.4. The molecule has 0 bridgehead atoms. The van der Waals surface area contributed by atoms with Crippen LogP contribution in [0.4, 0.5) is 32.1 Å². The molecule has 2 aliphatic rings. The molecule has 22 rings (SSSR count). The van der Waals surface area contributed by atoms with E-state index in [0.29, 0.717) is 138 Å². The fourth-order valence-electron chi connectivity index (χ4n) is 17.7. The van der Waals surface area contributed by atoms with Crippen LogP contribution in [0.1, 0.15) is 78.9 Å². The number of nitrogen functional groups attached to an aromatic ring is 4. The third kappa shape index (κ3) is 15.4. The minimum absolute atomic E-state index is 0.0531. The molecule has 14 heterocycles. The van der Waals surface area contributed by atoms with Crippen molar-refractivity contribution in [1.29, 1.82) is 0 Å². The number of aryl methyl sites for hydroxylation is 6. The van der Waals surface area contributed by atoms with Crippen molar-refractivity contribution in [3.8, 4) is 22.7 Å². The van der Waals surface area contributed by atoms with Crippen LogP contribution in [0.25, 0.3) is 133 Å². The lowest BCUT2D eigenvalue weighted by molar-refractivity contribution is 0.606. The van der Waals surface area contributed by atoms with Crippen LogP contribution in [0.15, 0.2) is 274 Å². The summed E-state index contributed by atoms with van der Waals surface area (Å²) in [6.45, 7) is 21.3. The van der Waals surface area contributed by atoms with Crippen LogP contribution in [0.2, 0.25) is 0 Å². The van der Waals surface area contributed by atoms with Crippen molar-refractivity contribution in [2.45, 2.75) is 67.7 Å². The van der Waals surface area contributed by atoms with Gasteiger partial charge in [0.2, 0.25) is 0 Å². The van der Waals surface area contributed by atoms with Crippen molar-refractivity contribution in [2.24, 2.45) is 9.98 Å². The van der Waals surface area contributed by atoms with Gasteiger partial charge in [0.25, 0.3) is 22.2 Å². The number of aromatic nitrogens is 20. The molecule has 0 spiro atoms. The van der Waals surface area contributed by atoms with E-state index in [1.165, 1.54) is 46.6 Å². The third-order valence-corrected chi connectivity index (χ3v) is 24.0. The topological polar surface area (TPSA) is 391 Å². The van der Waals surface area contributed by atoms with Crippen LogP contribution in [0.3, 0.4) is 0 Å². The van der Waals surface area contributed by atoms with E-state index in [2.05, 4.69) is 79.3 Å². The molecule has 0 aliphatic carbocycles. The van der Waals surface area contributed by atoms with Crippen LogP contribution in [-0.4, -0.2) is 123 Å². The van der Waals surface area contributed by atoms with E-state index in [1.54, 1.807) is 88.8 Å². The number of hydrogen-bond acceptors (Lipinski definition) is 22. The fourth-order valence-corrected chi connectivity index (χ4v) is 17.7. The van der Waals surface area contributed by atoms with Gasteiger partial charge in [-0.05, 0) is 181 Å². The molecule has 8 aromatic carbocycles. The maximum atomic E-state index is 14.9. The van der Waals surface area contributed by atoms with Crippen LogP contribution < -0.4 is 45.2 Å². The summed E-state index contributed by atoms with van der Waals surface area (Å²) in [6, 6.07) is 59.2. The van der Waals surface area contributed by atoms with E-state index < -0.39 is 11.6 Å². The molecule has 0 saturated heterocycles. The second kappa shape index (κ2) is 35.3. The number of rotatable bonds is 16. The Kier molecular flexibility index (Phi) is 22.6. The van der Waals surface area contributed by atoms with E-state index in [4.69, 9.17) is 33.1 Å². The second-order valence-electron chi connectivity index (χ2n) is 32.4. The maximum Gasteiger partial charge on any atom is 0.263 e. The number of allylic oxidation sites excluding steroid dienone is 2. The van der Waals surface area contributed by atoms with Gasteiger partial charge >= 0.3 is 0 Å². The van der Waals surface area contributed by atoms with Crippen molar-refractivity contribution in [3.05, 3.63) is 377 Å². The minimum Gasteiger partial charge on any atom is -0.383 e. The largest absolute Gasteiger partial charge is 0.383 e. The Morgan fingerprint density at radius 2 is 0.590 bits per heavy atom. The van der Waals surface area contributed by atoms with Crippen LogP contribution >= 0.6 is 0 Å². The van der Waals surface area contributed by atoms with Gasteiger partial charge in [-0.25, -0.2) is 67.4 Å². The normalized spacial score (nSPS) is 12.3. The number of fused-ring (bicyclic) bond motifs is 8. The highest BCUT2D eigenvalue weighted by Crippen LogP contribution is 2.35. The number of halogens is 2. The van der Waals surface area contributed by atoms with Gasteiger partial charge in [-0.3, -0.25) is 47.4 Å². The molecule has 660 valence electrons. The number of anilines is 4. The van der Waals surface area contributed by atoms with Crippen LogP contribution in [-0.2, 0) is 26.2 Å². The number of pyridine rings is 4. The first-order valence-corrected chi connectivity index (χ1v) is 42.7. The van der Waals surface area contributed by atoms with E-state index >= 15 is 0 Å². The van der Waals surface area contributed by atoms with E-state index in [9.17, 15) is 28.0 Å². The summed E-state index contributed by atoms with van der Waals surface area (Å²) in [5, 5.41) is 27.3. The van der Waals surface area contributed by atoms with Gasteiger partial charge in [0.15, 0.2) is 22.6 Å². The van der Waals surface area contributed by atoms with E-state index in [1.807, 2.05) is 193 Å². The quantitative estimate of drug-likeness (QED) is 0.0698. The lowest BCUT2D eigenvalue weighted by Gasteiger charge is -2.17. The zero-order valence-electron chi connectivity index (χ0n) is 73.4. The molecule has 0 radical (unpaired) electrons. The lowest BCUT2D eigenvalue weighted by Crippen LogP contribution is -2.25. The molecule has 0 unspecified atom stereocenters. The number of para-hydroxylation sites is 4. The summed E-state index contributed by atoms with van der Waals surface area (Å²) >= 11 is 0. The summed E-state index contributed by atoms with van der Waals surface area (Å²) in [6.07, 6.45) is 16.1. The smallest absolute Gasteiger partial charge is 0.263 e. The molecule has 20 aromatic rings. The highest BCUT2D eigenvalue weighted by atomic mass is 19.1. The number of hydrogen-bond donors (Lipinski definition) is 4. The molecule has 8 N–H and O–H groups in total. The van der Waals surface area contributed by atoms with Gasteiger partial charge in [-0.15, -0.1) is 0 Å². The molecule has 2 aliphatic heterocycles. The van der Waals surface area contributed by atoms with Gasteiger partial charge in [0.1, 0.15) is 71.6 Å². The number of nitrogens with two attached hydrogens (primary N) is 4. The molecule has 30 nitrogen and oxygen atoms in total. The summed E-state index contributed by atoms with van der Waals surface area (Å²) in [4.78, 5) is 97.7. The van der Waals surface area contributed by atoms with Gasteiger partial charge in [-0.1, -0.05) is 147 Å². The molecule has 12 aromatic heterocycles. The Balaban J connectivity index is 0.000000115. The Labute approximate surface area is 761 Å². The molecule has 32 heteroatoms. The molecule has 0 fully saturated rings. The Bertz CT molecular complexity index is 8180. The van der Waals surface area contributed by atoms with Crippen molar-refractivity contribution < 1.29 is 8.78 Å². The van der Waals surface area contributed by atoms with Crippen molar-refractivity contribution in [3.63, 3.8) is 0 Å². The number of aliphatic imine (C=N–C) groups is 2. The van der Waals surface area contributed by atoms with Crippen molar-refractivity contribution in [1.82, 2.24) is 97.3 Å². The molecule has 134 heavy (non-hydrogen) atoms. The van der Waals surface area contributed by atoms with Gasteiger partial charge in [0, 0.05) is 46.4 Å². The highest BCUT2D eigenvalue weighted by Gasteiger charge is 2.28. The Morgan fingerprint density at radius 3 is 0.881 bits per heavy atom. The summed E-state index contributed by atoms with van der Waals surface area (Å²) in [5.41, 5.74) is 40.8. The molecule has 0 atom stereocenters. The number of benzene rings is 8. The molecule has 0 saturated carbocycles. The predicted molar refractivity (Wildman–Crippen MR) is 525 cm³/mol. The van der Waals surface area contributed by atoms with Crippen molar-refractivity contribution in [2.75, 3.05) is 36.0 Å². The SMILES string of the molecule is C=Cc1nn(Cc2cc3cccc(C)c3c(=O)n2-c2ccccc2C)c2ncnc(N)c12.C=Cc1nn(Cc2cc3cccc(C)c3c(=O)n2-c2ccccc2F)c2ncnc(N)c12.Cc1cccc2cc(Cn3nc(C4=CC=NC4)c4c(N)ncnc43)n(-c3ccccc3F)c(=O)c12.Cc1ccccc1-n1c(Cn2nc(C3=CC=NC3)c3c(N)ncnc32)cc2cccc(C)c2c1=O. The Hall–Kier alpha value is -17.8. The first-order valence-electron chi connectivity index (χ1n) is 42.7. The van der Waals surface area contributed by atoms with Crippen molar-refractivity contribution >= 4 is 146 Å². The van der Waals surface area contributed by atoms with Gasteiger partial charge in [0.05, 0.1) is 116 Å². The van der Waals surface area contributed by atoms with Crippen LogP contribution in [0, 0.1) is 53.2 Å². The van der Waals surface area contributed by atoms with Gasteiger partial charge in [-0.2, -0.15) is 20.4 Å². The zero-order chi connectivity index (χ0) is 93.0. The molecular weight excluding hydrogens is 1690 g/mol. The average Bonchev–Trinajstić information content (AvgIpc) is 1.37. The standard InChI is InChI=1S/C27H23N7O.C26H20FN7O.C25H22N6O.C24H19FN6O/c1-16-6-3-4-9-21(16)34-20(12-18-8-5-7-17(2)22(18)27(34)35)14-33-26-23(25(28)30-15-31-26)24(32-33)19-10-11-29-13-19;1-15-5-4-6-16-11-18(34(26(35)21(15)16)20-8-3-2-7-19(20)27)13-33-25-22(24(28)30-14-31-25)23(32-33)17-9-10-29-12-17;1-4-19-22-23(26)27-14-28-24(22)30(29-19)13-18-12-17-10-7-9-16(3)21(17)25(32)31(18)20-11-6-5-8-15(20)2;1-3-18-21-22(26)27-13-28-23(21)30(29-18)12-16-11-15-8-6-7-14(2)20(15)24(32)31(16)19-10-5-4-9-17(19)25/h3-12,15H,13-14H2,1-2H3,(H2,28,30,31);2-11,14H,12-13H2,1H3,(H2,28,30,31);4-12,14H,1,13H2,2-3H3,(H2,26,27,28);3-11,13H,1,12H2,2H3,(H2,26,27,28). The maximum absolute atomic E-state index is 14.9. The fraction of sp³-hybridized carbons (Fsp3) is 0.118. The third-order valence-electron chi connectivity index (χ3n) is 24.0. The van der Waals surface area contributed by atoms with E-state index in [0.717, 1.165) is 94.5 Å². The summed E-state index contributed by atoms with van der Waals surface area (Å²) in [7, 11) is 0. The average molecular weight is 1780 g/mol. The monoisotopic (exact) mass is 1770 g/mol. The summed E-state index contributed by atoms with van der Waals surface area (Å²) in [5.74, 6) is 0.333. The highest BCUT2D eigenvalue weighted by molar-refractivity contribution is 6.03. The first-order chi connectivity index (χ1) is 65.0. The molecule has 0 amide bonds. The lowest BCUT2D eigenvalue weighted by atomic mass is 10.1. The van der Waals surface area contributed by atoms with Gasteiger partial charge < -0.3 is 22.9 Å². The first kappa shape index (κ1) is 85.6. The number of nitrogens with zero attached hydrogens (tertiary/aromatic N) is 22. The molecular formula is C102H84F2N26O4. The van der Waals surface area contributed by atoms with Crippen LogP contribution in [0.5, 0.6) is 0 Å². The summed E-state index contributed by atoms with van der Waals surface area (Å²) < 4.78 is 43.0. The van der Waals surface area contributed by atoms with E-state index in [-0.39, 0.29) is 52.5 Å². The minimum atomic E-state index is -0.493. The predicted octanol–water partition coefficient (Wildman–Crippen LogP) is 15.4.